The lowest BCUT2D eigenvalue weighted by molar-refractivity contribution is 0.0692. The first-order chi connectivity index (χ1) is 9.10. The smallest absolute Gasteiger partial charge is 0.338 e. The zero-order chi connectivity index (χ0) is 13.8. The molecule has 0 bridgehead atoms. The summed E-state index contributed by atoms with van der Waals surface area (Å²) < 4.78 is 18.6. The Morgan fingerprint density at radius 1 is 1.16 bits per heavy atom. The predicted octanol–water partition coefficient (Wildman–Crippen LogP) is 3.68. The van der Waals surface area contributed by atoms with Crippen LogP contribution < -0.4 is 4.74 Å². The van der Waals surface area contributed by atoms with Crippen LogP contribution in [-0.2, 0) is 0 Å². The highest BCUT2D eigenvalue weighted by Crippen LogP contribution is 2.30. The Morgan fingerprint density at radius 2 is 1.79 bits per heavy atom. The van der Waals surface area contributed by atoms with Gasteiger partial charge in [0.25, 0.3) is 0 Å². The minimum Gasteiger partial charge on any atom is -0.497 e. The minimum absolute atomic E-state index is 0.320. The Kier molecular flexibility index (Phi) is 4.06. The standard InChI is InChI=1S/C14H11FO3S/c1-18-9-2-4-10(5-3-9)19-11-6-7-12(14(16)17)13(15)8-11/h2-8H,1H3,(H,16,17). The molecule has 0 fully saturated rings. The summed E-state index contributed by atoms with van der Waals surface area (Å²) in [6.07, 6.45) is 0. The molecular formula is C14H11FO3S. The lowest BCUT2D eigenvalue weighted by Crippen LogP contribution is -1.99. The van der Waals surface area contributed by atoms with Crippen LogP contribution in [0.5, 0.6) is 5.75 Å². The van der Waals surface area contributed by atoms with Crippen molar-refractivity contribution in [3.8, 4) is 5.75 Å². The number of carboxylic acid groups (broad SMARTS) is 1. The van der Waals surface area contributed by atoms with Gasteiger partial charge in [0.1, 0.15) is 11.6 Å². The van der Waals surface area contributed by atoms with Gasteiger partial charge < -0.3 is 9.84 Å². The van der Waals surface area contributed by atoms with E-state index >= 15 is 0 Å². The molecule has 2 aromatic carbocycles. The Balaban J connectivity index is 2.18. The van der Waals surface area contributed by atoms with E-state index in [-0.39, 0.29) is 5.56 Å². The average Bonchev–Trinajstić information content (AvgIpc) is 2.39. The highest BCUT2D eigenvalue weighted by atomic mass is 32.2. The SMILES string of the molecule is COc1ccc(Sc2ccc(C(=O)O)c(F)c2)cc1. The molecule has 1 N–H and O–H groups in total. The van der Waals surface area contributed by atoms with Crippen LogP contribution in [0, 0.1) is 5.82 Å². The van der Waals surface area contributed by atoms with Crippen LogP contribution in [0.2, 0.25) is 0 Å². The zero-order valence-electron chi connectivity index (χ0n) is 10.1. The van der Waals surface area contributed by atoms with Crippen molar-refractivity contribution in [2.75, 3.05) is 7.11 Å². The van der Waals surface area contributed by atoms with Crippen molar-refractivity contribution in [2.24, 2.45) is 0 Å². The Bertz CT molecular complexity index is 596. The predicted molar refractivity (Wildman–Crippen MR) is 70.5 cm³/mol. The van der Waals surface area contributed by atoms with E-state index < -0.39 is 11.8 Å². The second-order valence-electron chi connectivity index (χ2n) is 3.72. The van der Waals surface area contributed by atoms with Crippen LogP contribution in [0.15, 0.2) is 52.3 Å². The molecule has 2 rings (SSSR count). The second kappa shape index (κ2) is 5.75. The molecule has 0 aliphatic carbocycles. The van der Waals surface area contributed by atoms with E-state index in [2.05, 4.69) is 0 Å². The number of hydrogen-bond acceptors (Lipinski definition) is 3. The molecule has 98 valence electrons. The summed E-state index contributed by atoms with van der Waals surface area (Å²) in [5, 5.41) is 8.74. The summed E-state index contributed by atoms with van der Waals surface area (Å²) in [4.78, 5) is 12.3. The van der Waals surface area contributed by atoms with Gasteiger partial charge in [-0.3, -0.25) is 0 Å². The molecule has 0 aliphatic heterocycles. The number of carboxylic acids is 1. The van der Waals surface area contributed by atoms with E-state index in [1.807, 2.05) is 24.3 Å². The monoisotopic (exact) mass is 278 g/mol. The number of methoxy groups -OCH3 is 1. The number of ether oxygens (including phenoxy) is 1. The fourth-order valence-corrected chi connectivity index (χ4v) is 2.36. The number of rotatable bonds is 4. The highest BCUT2D eigenvalue weighted by Gasteiger charge is 2.10. The Hall–Kier alpha value is -2.01. The van der Waals surface area contributed by atoms with Gasteiger partial charge in [-0.25, -0.2) is 9.18 Å². The van der Waals surface area contributed by atoms with Gasteiger partial charge in [0, 0.05) is 9.79 Å². The maximum absolute atomic E-state index is 13.5. The van der Waals surface area contributed by atoms with Crippen molar-refractivity contribution < 1.29 is 19.0 Å². The summed E-state index contributed by atoms with van der Waals surface area (Å²) in [5.41, 5.74) is -0.320. The normalized spacial score (nSPS) is 10.2. The number of halogens is 1. The Labute approximate surface area is 114 Å². The van der Waals surface area contributed by atoms with Gasteiger partial charge in [0.05, 0.1) is 12.7 Å². The molecule has 0 saturated carbocycles. The van der Waals surface area contributed by atoms with Crippen LogP contribution in [0.1, 0.15) is 10.4 Å². The zero-order valence-corrected chi connectivity index (χ0v) is 10.9. The first-order valence-corrected chi connectivity index (χ1v) is 6.26. The molecule has 0 unspecified atom stereocenters. The fraction of sp³-hybridized carbons (Fsp3) is 0.0714. The van der Waals surface area contributed by atoms with Crippen LogP contribution in [0.4, 0.5) is 4.39 Å². The van der Waals surface area contributed by atoms with E-state index in [9.17, 15) is 9.18 Å². The summed E-state index contributed by atoms with van der Waals surface area (Å²) in [5.74, 6) is -1.25. The molecule has 3 nitrogen and oxygen atoms in total. The number of aromatic carboxylic acids is 1. The summed E-state index contributed by atoms with van der Waals surface area (Å²) in [7, 11) is 1.59. The molecule has 0 aliphatic rings. The van der Waals surface area contributed by atoms with Gasteiger partial charge in [-0.15, -0.1) is 0 Å². The van der Waals surface area contributed by atoms with Gasteiger partial charge in [-0.05, 0) is 42.5 Å². The van der Waals surface area contributed by atoms with Crippen molar-refractivity contribution in [1.82, 2.24) is 0 Å². The number of hydrogen-bond donors (Lipinski definition) is 1. The summed E-state index contributed by atoms with van der Waals surface area (Å²) in [6, 6.07) is 11.4. The second-order valence-corrected chi connectivity index (χ2v) is 4.87. The molecule has 0 radical (unpaired) electrons. The van der Waals surface area contributed by atoms with Crippen molar-refractivity contribution in [3.63, 3.8) is 0 Å². The molecule has 19 heavy (non-hydrogen) atoms. The van der Waals surface area contributed by atoms with E-state index in [1.54, 1.807) is 13.2 Å². The van der Waals surface area contributed by atoms with Gasteiger partial charge in [-0.2, -0.15) is 0 Å². The first kappa shape index (κ1) is 13.4. The van der Waals surface area contributed by atoms with Gasteiger partial charge in [0.15, 0.2) is 0 Å². The van der Waals surface area contributed by atoms with Crippen LogP contribution in [0.3, 0.4) is 0 Å². The lowest BCUT2D eigenvalue weighted by atomic mass is 10.2. The molecule has 0 atom stereocenters. The first-order valence-electron chi connectivity index (χ1n) is 5.45. The highest BCUT2D eigenvalue weighted by molar-refractivity contribution is 7.99. The molecule has 0 aromatic heterocycles. The van der Waals surface area contributed by atoms with E-state index in [1.165, 1.54) is 23.9 Å². The maximum Gasteiger partial charge on any atom is 0.338 e. The van der Waals surface area contributed by atoms with E-state index in [4.69, 9.17) is 9.84 Å². The molecule has 5 heteroatoms. The molecule has 0 heterocycles. The fourth-order valence-electron chi connectivity index (χ4n) is 1.51. The quantitative estimate of drug-likeness (QED) is 0.926. The topological polar surface area (TPSA) is 46.5 Å². The molecule has 0 amide bonds. The van der Waals surface area contributed by atoms with Crippen LogP contribution >= 0.6 is 11.8 Å². The van der Waals surface area contributed by atoms with E-state index in [0.717, 1.165) is 10.6 Å². The van der Waals surface area contributed by atoms with Gasteiger partial charge >= 0.3 is 5.97 Å². The third kappa shape index (κ3) is 3.26. The largest absolute Gasteiger partial charge is 0.497 e. The van der Waals surface area contributed by atoms with Crippen LogP contribution in [-0.4, -0.2) is 18.2 Å². The number of carbonyl (C=O) groups is 1. The third-order valence-electron chi connectivity index (χ3n) is 2.47. The molecule has 2 aromatic rings. The lowest BCUT2D eigenvalue weighted by Gasteiger charge is -2.05. The maximum atomic E-state index is 13.5. The van der Waals surface area contributed by atoms with Crippen molar-refractivity contribution in [3.05, 3.63) is 53.8 Å². The van der Waals surface area contributed by atoms with Gasteiger partial charge in [-0.1, -0.05) is 11.8 Å². The number of benzene rings is 2. The summed E-state index contributed by atoms with van der Waals surface area (Å²) in [6.45, 7) is 0. The van der Waals surface area contributed by atoms with Crippen molar-refractivity contribution >= 4 is 17.7 Å². The van der Waals surface area contributed by atoms with Crippen LogP contribution in [0.25, 0.3) is 0 Å². The van der Waals surface area contributed by atoms with E-state index in [0.29, 0.717) is 4.90 Å². The molecule has 0 spiro atoms. The Morgan fingerprint density at radius 3 is 2.32 bits per heavy atom. The average molecular weight is 278 g/mol. The van der Waals surface area contributed by atoms with Gasteiger partial charge in [0.2, 0.25) is 0 Å². The molecular weight excluding hydrogens is 267 g/mol. The van der Waals surface area contributed by atoms with Crippen molar-refractivity contribution in [1.29, 1.82) is 0 Å². The summed E-state index contributed by atoms with van der Waals surface area (Å²) >= 11 is 1.35. The third-order valence-corrected chi connectivity index (χ3v) is 3.46. The molecule has 0 saturated heterocycles. The minimum atomic E-state index is -1.27. The van der Waals surface area contributed by atoms with Crippen molar-refractivity contribution in [2.45, 2.75) is 9.79 Å².